The van der Waals surface area contributed by atoms with Gasteiger partial charge in [-0.05, 0) is 36.8 Å². The van der Waals surface area contributed by atoms with Crippen LogP contribution in [0.4, 0.5) is 38.0 Å². The molecule has 0 aromatic carbocycles. The Bertz CT molecular complexity index is 1170. The van der Waals surface area contributed by atoms with E-state index in [4.69, 9.17) is 4.74 Å². The Kier molecular flexibility index (Phi) is 5.28. The minimum absolute atomic E-state index is 0.0702. The van der Waals surface area contributed by atoms with Gasteiger partial charge in [-0.1, -0.05) is 0 Å². The zero-order valence-corrected chi connectivity index (χ0v) is 17.9. The summed E-state index contributed by atoms with van der Waals surface area (Å²) >= 11 is 0. The normalized spacial score (nSPS) is 23.0. The number of halogens is 6. The van der Waals surface area contributed by atoms with E-state index in [9.17, 15) is 26.3 Å². The fourth-order valence-corrected chi connectivity index (χ4v) is 4.88. The first-order valence-corrected chi connectivity index (χ1v) is 10.6. The van der Waals surface area contributed by atoms with E-state index in [1.54, 1.807) is 10.9 Å². The lowest BCUT2D eigenvalue weighted by atomic mass is 9.92. The molecule has 34 heavy (non-hydrogen) atoms. The van der Waals surface area contributed by atoms with Crippen LogP contribution < -0.4 is 15.0 Å². The smallest absolute Gasteiger partial charge is 0.433 e. The molecule has 5 rings (SSSR count). The van der Waals surface area contributed by atoms with E-state index < -0.39 is 36.1 Å². The van der Waals surface area contributed by atoms with Gasteiger partial charge in [0.2, 0.25) is 5.95 Å². The Balaban J connectivity index is 1.41. The van der Waals surface area contributed by atoms with Crippen molar-refractivity contribution in [1.29, 1.82) is 0 Å². The fourth-order valence-electron chi connectivity index (χ4n) is 4.88. The van der Waals surface area contributed by atoms with Crippen LogP contribution in [0, 0.1) is 11.8 Å². The highest BCUT2D eigenvalue weighted by Crippen LogP contribution is 2.40. The van der Waals surface area contributed by atoms with Crippen LogP contribution >= 0.6 is 0 Å². The Labute approximate surface area is 189 Å². The molecule has 0 spiro atoms. The largest absolute Gasteiger partial charge is 0.480 e. The summed E-state index contributed by atoms with van der Waals surface area (Å²) in [6, 6.07) is 1.39. The Morgan fingerprint density at radius 1 is 1.09 bits per heavy atom. The van der Waals surface area contributed by atoms with Crippen molar-refractivity contribution in [2.75, 3.05) is 29.9 Å². The summed E-state index contributed by atoms with van der Waals surface area (Å²) < 4.78 is 85.2. The second-order valence-electron chi connectivity index (χ2n) is 8.70. The lowest BCUT2D eigenvalue weighted by molar-refractivity contribution is -0.153. The number of aromatic nitrogens is 5. The molecular formula is C20H21F6N7O. The molecule has 2 aliphatic rings. The van der Waals surface area contributed by atoms with Gasteiger partial charge in [0, 0.05) is 32.4 Å². The number of rotatable bonds is 5. The molecule has 1 N–H and O–H groups in total. The van der Waals surface area contributed by atoms with E-state index in [0.717, 1.165) is 37.7 Å². The first kappa shape index (κ1) is 22.6. The summed E-state index contributed by atoms with van der Waals surface area (Å²) in [7, 11) is 1.84. The fraction of sp³-hybridized carbons (Fsp3) is 0.550. The molecule has 1 saturated heterocycles. The summed E-state index contributed by atoms with van der Waals surface area (Å²) in [6.45, 7) is -0.178. The number of anilines is 2. The number of pyridine rings is 1. The zero-order chi connectivity index (χ0) is 24.3. The van der Waals surface area contributed by atoms with Crippen LogP contribution in [-0.2, 0) is 13.2 Å². The maximum absolute atomic E-state index is 13.5. The molecule has 0 amide bonds. The molecule has 2 fully saturated rings. The van der Waals surface area contributed by atoms with E-state index in [0.29, 0.717) is 10.6 Å². The Morgan fingerprint density at radius 3 is 2.38 bits per heavy atom. The van der Waals surface area contributed by atoms with Crippen LogP contribution in [0.1, 0.15) is 18.5 Å². The molecule has 3 aromatic rings. The number of aryl methyl sites for hydroxylation is 1. The van der Waals surface area contributed by atoms with Crippen LogP contribution in [0.3, 0.4) is 0 Å². The molecule has 1 aliphatic heterocycles. The lowest BCUT2D eigenvalue weighted by Crippen LogP contribution is -2.48. The van der Waals surface area contributed by atoms with Crippen LogP contribution in [0.25, 0.3) is 5.65 Å². The van der Waals surface area contributed by atoms with Crippen molar-refractivity contribution in [1.82, 2.24) is 24.4 Å². The predicted molar refractivity (Wildman–Crippen MR) is 109 cm³/mol. The first-order valence-electron chi connectivity index (χ1n) is 10.6. The highest BCUT2D eigenvalue weighted by Gasteiger charge is 2.43. The molecule has 3 atom stereocenters. The highest BCUT2D eigenvalue weighted by molar-refractivity contribution is 5.57. The Morgan fingerprint density at radius 2 is 1.79 bits per heavy atom. The van der Waals surface area contributed by atoms with Gasteiger partial charge in [-0.3, -0.25) is 4.68 Å². The second-order valence-corrected chi connectivity index (χ2v) is 8.70. The van der Waals surface area contributed by atoms with Crippen LogP contribution in [-0.4, -0.2) is 56.3 Å². The monoisotopic (exact) mass is 489 g/mol. The first-order chi connectivity index (χ1) is 16.0. The van der Waals surface area contributed by atoms with Gasteiger partial charge in [-0.2, -0.15) is 36.4 Å². The number of hydrogen-bond acceptors (Lipinski definition) is 6. The maximum atomic E-state index is 13.5. The van der Waals surface area contributed by atoms with Crippen LogP contribution in [0.15, 0.2) is 24.5 Å². The van der Waals surface area contributed by atoms with Gasteiger partial charge in [0.15, 0.2) is 18.0 Å². The number of nitrogens with zero attached hydrogens (tertiary/aromatic N) is 6. The van der Waals surface area contributed by atoms with Crippen molar-refractivity contribution in [2.45, 2.75) is 31.2 Å². The average molecular weight is 489 g/mol. The minimum atomic E-state index is -4.78. The quantitative estimate of drug-likeness (QED) is 0.551. The summed E-state index contributed by atoms with van der Waals surface area (Å²) in [5, 5.41) is 11.3. The number of alkyl halides is 6. The molecule has 4 heterocycles. The zero-order valence-electron chi connectivity index (χ0n) is 17.9. The third-order valence-electron chi connectivity index (χ3n) is 6.32. The molecule has 3 aromatic heterocycles. The van der Waals surface area contributed by atoms with Gasteiger partial charge in [0.1, 0.15) is 5.69 Å². The van der Waals surface area contributed by atoms with Crippen LogP contribution in [0.5, 0.6) is 5.75 Å². The van der Waals surface area contributed by atoms with Gasteiger partial charge in [-0.25, -0.2) is 4.52 Å². The van der Waals surface area contributed by atoms with Crippen molar-refractivity contribution in [2.24, 2.45) is 18.9 Å². The van der Waals surface area contributed by atoms with Crippen molar-refractivity contribution in [3.63, 3.8) is 0 Å². The third-order valence-corrected chi connectivity index (χ3v) is 6.32. The topological polar surface area (TPSA) is 72.5 Å². The lowest BCUT2D eigenvalue weighted by Gasteiger charge is -2.38. The number of fused-ring (bicyclic) bond motifs is 3. The maximum Gasteiger partial charge on any atom is 0.433 e. The molecule has 1 saturated carbocycles. The molecule has 184 valence electrons. The minimum Gasteiger partial charge on any atom is -0.480 e. The van der Waals surface area contributed by atoms with Gasteiger partial charge < -0.3 is 15.0 Å². The van der Waals surface area contributed by atoms with Gasteiger partial charge in [-0.15, -0.1) is 5.10 Å². The molecular weight excluding hydrogens is 468 g/mol. The van der Waals surface area contributed by atoms with Crippen molar-refractivity contribution < 1.29 is 31.1 Å². The average Bonchev–Trinajstić information content (AvgIpc) is 3.41. The number of piperidine rings is 1. The van der Waals surface area contributed by atoms with E-state index in [2.05, 4.69) is 25.4 Å². The van der Waals surface area contributed by atoms with Crippen molar-refractivity contribution in [3.05, 3.63) is 30.2 Å². The summed E-state index contributed by atoms with van der Waals surface area (Å²) in [5.74, 6) is -0.104. The molecule has 0 radical (unpaired) electrons. The molecule has 2 bridgehead atoms. The third kappa shape index (κ3) is 4.32. The van der Waals surface area contributed by atoms with E-state index >= 15 is 0 Å². The molecule has 8 nitrogen and oxygen atoms in total. The summed E-state index contributed by atoms with van der Waals surface area (Å²) in [6.07, 6.45) is -3.85. The molecule has 14 heteroatoms. The number of nitrogens with one attached hydrogen (secondary N) is 1. The Hall–Kier alpha value is -3.19. The van der Waals surface area contributed by atoms with Gasteiger partial charge in [0.25, 0.3) is 0 Å². The van der Waals surface area contributed by atoms with Gasteiger partial charge >= 0.3 is 12.4 Å². The van der Waals surface area contributed by atoms with Crippen LogP contribution in [0.2, 0.25) is 0 Å². The van der Waals surface area contributed by atoms with Crippen molar-refractivity contribution in [3.8, 4) is 5.75 Å². The summed E-state index contributed by atoms with van der Waals surface area (Å²) in [4.78, 5) is 6.31. The van der Waals surface area contributed by atoms with E-state index in [1.165, 1.54) is 0 Å². The number of hydrogen-bond donors (Lipinski definition) is 1. The summed E-state index contributed by atoms with van der Waals surface area (Å²) in [5.41, 5.74) is -0.580. The van der Waals surface area contributed by atoms with Crippen molar-refractivity contribution >= 4 is 17.3 Å². The SMILES string of the molecule is Cn1cc(N2C[C@H]3CC[C@@H](C2)C3Nc2nc3c(OCC(F)(F)F)ccc(C(F)(F)F)n3n2)cn1. The van der Waals surface area contributed by atoms with Gasteiger partial charge in [0.05, 0.1) is 11.9 Å². The number of ether oxygens (including phenoxy) is 1. The second kappa shape index (κ2) is 7.94. The predicted octanol–water partition coefficient (Wildman–Crippen LogP) is 3.75. The van der Waals surface area contributed by atoms with E-state index in [1.807, 2.05) is 13.2 Å². The van der Waals surface area contributed by atoms with E-state index in [-0.39, 0.29) is 23.8 Å². The molecule has 1 aliphatic carbocycles. The highest BCUT2D eigenvalue weighted by atomic mass is 19.4. The standard InChI is InChI=1S/C20H21F6N7O/c1-31-9-13(6-27-31)32-7-11-2-3-12(8-32)16(11)28-18-29-17-14(34-10-19(21,22)23)4-5-15(20(24,25)26)33(17)30-18/h4-6,9,11-12,16H,2-3,7-8,10H2,1H3,(H,28,30)/t11-,12+,16?. The molecule has 1 unspecified atom stereocenters.